The Morgan fingerprint density at radius 1 is 1.50 bits per heavy atom. The third kappa shape index (κ3) is 1.97. The number of rotatable bonds is 2. The van der Waals surface area contributed by atoms with E-state index in [9.17, 15) is 4.79 Å². The van der Waals surface area contributed by atoms with Crippen LogP contribution in [0.25, 0.3) is 0 Å². The van der Waals surface area contributed by atoms with Crippen LogP contribution in [0.5, 0.6) is 0 Å². The predicted molar refractivity (Wildman–Crippen MR) is 44.9 cm³/mol. The molecule has 0 unspecified atom stereocenters. The van der Waals surface area contributed by atoms with Crippen molar-refractivity contribution in [3.63, 3.8) is 0 Å². The molecule has 1 fully saturated rings. The van der Waals surface area contributed by atoms with Crippen LogP contribution in [0, 0.1) is 11.8 Å². The summed E-state index contributed by atoms with van der Waals surface area (Å²) < 4.78 is 5.20. The van der Waals surface area contributed by atoms with Crippen LogP contribution in [0.3, 0.4) is 0 Å². The first-order valence-electron chi connectivity index (χ1n) is 4.40. The molecular formula is C9H16O3. The van der Waals surface area contributed by atoms with Gasteiger partial charge in [-0.15, -0.1) is 0 Å². The zero-order chi connectivity index (χ0) is 9.14. The zero-order valence-corrected chi connectivity index (χ0v) is 7.62. The van der Waals surface area contributed by atoms with E-state index in [1.807, 2.05) is 6.92 Å². The van der Waals surface area contributed by atoms with E-state index in [0.717, 1.165) is 19.3 Å². The number of carboxylic acids is 1. The van der Waals surface area contributed by atoms with E-state index in [2.05, 4.69) is 0 Å². The summed E-state index contributed by atoms with van der Waals surface area (Å²) in [7, 11) is 1.69. The molecule has 0 spiro atoms. The van der Waals surface area contributed by atoms with Gasteiger partial charge in [-0.1, -0.05) is 6.92 Å². The lowest BCUT2D eigenvalue weighted by atomic mass is 9.79. The van der Waals surface area contributed by atoms with Crippen molar-refractivity contribution < 1.29 is 14.6 Å². The van der Waals surface area contributed by atoms with Crippen LogP contribution in [-0.2, 0) is 9.53 Å². The maximum atomic E-state index is 10.7. The Bertz CT molecular complexity index is 167. The average Bonchev–Trinajstić information content (AvgIpc) is 2.03. The standard InChI is InChI=1S/C9H16O3/c1-6-5-7(12-2)3-4-8(6)9(10)11/h6-8H,3-5H2,1-2H3,(H,10,11)/t6-,7+,8-/m0/s1. The third-order valence-corrected chi connectivity index (χ3v) is 2.77. The van der Waals surface area contributed by atoms with E-state index in [1.54, 1.807) is 7.11 Å². The Labute approximate surface area is 72.7 Å². The number of hydrogen-bond donors (Lipinski definition) is 1. The monoisotopic (exact) mass is 172 g/mol. The number of methoxy groups -OCH3 is 1. The number of ether oxygens (including phenoxy) is 1. The fourth-order valence-corrected chi connectivity index (χ4v) is 1.93. The molecule has 0 aromatic heterocycles. The second kappa shape index (κ2) is 3.90. The summed E-state index contributed by atoms with van der Waals surface area (Å²) in [5.41, 5.74) is 0. The van der Waals surface area contributed by atoms with Gasteiger partial charge in [0.1, 0.15) is 0 Å². The second-order valence-corrected chi connectivity index (χ2v) is 3.59. The SMILES string of the molecule is CO[C@@H]1CC[C@H](C(=O)O)[C@@H](C)C1. The molecule has 0 aromatic carbocycles. The molecule has 0 saturated heterocycles. The Hall–Kier alpha value is -0.570. The van der Waals surface area contributed by atoms with Gasteiger partial charge in [0.15, 0.2) is 0 Å². The van der Waals surface area contributed by atoms with Gasteiger partial charge < -0.3 is 9.84 Å². The predicted octanol–water partition coefficient (Wildman–Crippen LogP) is 1.52. The maximum Gasteiger partial charge on any atom is 0.306 e. The number of carbonyl (C=O) groups is 1. The minimum atomic E-state index is -0.656. The molecule has 0 radical (unpaired) electrons. The molecule has 3 heteroatoms. The summed E-state index contributed by atoms with van der Waals surface area (Å²) in [5.74, 6) is -0.561. The summed E-state index contributed by atoms with van der Waals surface area (Å²) in [5, 5.41) is 8.83. The van der Waals surface area contributed by atoms with Crippen molar-refractivity contribution in [3.05, 3.63) is 0 Å². The van der Waals surface area contributed by atoms with Crippen molar-refractivity contribution in [3.8, 4) is 0 Å². The van der Waals surface area contributed by atoms with Crippen LogP contribution in [-0.4, -0.2) is 24.3 Å². The highest BCUT2D eigenvalue weighted by molar-refractivity contribution is 5.70. The molecule has 0 aromatic rings. The summed E-state index contributed by atoms with van der Waals surface area (Å²) >= 11 is 0. The minimum absolute atomic E-state index is 0.156. The fraction of sp³-hybridized carbons (Fsp3) is 0.889. The Balaban J connectivity index is 2.47. The van der Waals surface area contributed by atoms with Crippen LogP contribution >= 0.6 is 0 Å². The van der Waals surface area contributed by atoms with Gasteiger partial charge in [-0.3, -0.25) is 4.79 Å². The van der Waals surface area contributed by atoms with Gasteiger partial charge in [0.2, 0.25) is 0 Å². The molecule has 0 amide bonds. The van der Waals surface area contributed by atoms with Crippen molar-refractivity contribution in [1.82, 2.24) is 0 Å². The Kier molecular flexibility index (Phi) is 3.09. The highest BCUT2D eigenvalue weighted by Crippen LogP contribution is 2.31. The van der Waals surface area contributed by atoms with Crippen LogP contribution in [0.2, 0.25) is 0 Å². The largest absolute Gasteiger partial charge is 0.481 e. The normalized spacial score (nSPS) is 36.3. The molecule has 12 heavy (non-hydrogen) atoms. The molecule has 3 nitrogen and oxygen atoms in total. The second-order valence-electron chi connectivity index (χ2n) is 3.59. The van der Waals surface area contributed by atoms with E-state index in [-0.39, 0.29) is 17.9 Å². The average molecular weight is 172 g/mol. The highest BCUT2D eigenvalue weighted by Gasteiger charge is 2.31. The van der Waals surface area contributed by atoms with Crippen molar-refractivity contribution in [2.45, 2.75) is 32.3 Å². The van der Waals surface area contributed by atoms with E-state index >= 15 is 0 Å². The third-order valence-electron chi connectivity index (χ3n) is 2.77. The highest BCUT2D eigenvalue weighted by atomic mass is 16.5. The molecule has 1 aliphatic rings. The molecular weight excluding hydrogens is 156 g/mol. The molecule has 1 rings (SSSR count). The first kappa shape index (κ1) is 9.52. The molecule has 1 aliphatic carbocycles. The van der Waals surface area contributed by atoms with Crippen molar-refractivity contribution >= 4 is 5.97 Å². The topological polar surface area (TPSA) is 46.5 Å². The molecule has 0 heterocycles. The van der Waals surface area contributed by atoms with Gasteiger partial charge >= 0.3 is 5.97 Å². The number of hydrogen-bond acceptors (Lipinski definition) is 2. The Morgan fingerprint density at radius 3 is 2.58 bits per heavy atom. The van der Waals surface area contributed by atoms with Gasteiger partial charge in [-0.2, -0.15) is 0 Å². The van der Waals surface area contributed by atoms with Crippen molar-refractivity contribution in [2.75, 3.05) is 7.11 Å². The minimum Gasteiger partial charge on any atom is -0.481 e. The molecule has 70 valence electrons. The lowest BCUT2D eigenvalue weighted by Gasteiger charge is -2.30. The van der Waals surface area contributed by atoms with Gasteiger partial charge in [0, 0.05) is 7.11 Å². The van der Waals surface area contributed by atoms with Crippen LogP contribution in [0.4, 0.5) is 0 Å². The smallest absolute Gasteiger partial charge is 0.306 e. The lowest BCUT2D eigenvalue weighted by molar-refractivity contribution is -0.145. The summed E-state index contributed by atoms with van der Waals surface area (Å²) in [6.45, 7) is 1.99. The van der Waals surface area contributed by atoms with Gasteiger partial charge in [0.25, 0.3) is 0 Å². The molecule has 1 saturated carbocycles. The number of aliphatic carboxylic acids is 1. The summed E-state index contributed by atoms with van der Waals surface area (Å²) in [6, 6.07) is 0. The quantitative estimate of drug-likeness (QED) is 0.687. The van der Waals surface area contributed by atoms with E-state index < -0.39 is 5.97 Å². The molecule has 1 N–H and O–H groups in total. The number of carboxylic acid groups (broad SMARTS) is 1. The van der Waals surface area contributed by atoms with Crippen molar-refractivity contribution in [2.24, 2.45) is 11.8 Å². The van der Waals surface area contributed by atoms with E-state index in [4.69, 9.17) is 9.84 Å². The maximum absolute atomic E-state index is 10.7. The first-order chi connectivity index (χ1) is 5.65. The van der Waals surface area contributed by atoms with Crippen LogP contribution in [0.1, 0.15) is 26.2 Å². The summed E-state index contributed by atoms with van der Waals surface area (Å²) in [6.07, 6.45) is 2.80. The molecule has 3 atom stereocenters. The molecule has 0 bridgehead atoms. The lowest BCUT2D eigenvalue weighted by Crippen LogP contribution is -2.31. The zero-order valence-electron chi connectivity index (χ0n) is 7.62. The molecule has 0 aliphatic heterocycles. The van der Waals surface area contributed by atoms with Gasteiger partial charge in [-0.25, -0.2) is 0 Å². The van der Waals surface area contributed by atoms with Gasteiger partial charge in [-0.05, 0) is 25.2 Å². The van der Waals surface area contributed by atoms with Crippen LogP contribution < -0.4 is 0 Å². The van der Waals surface area contributed by atoms with E-state index in [0.29, 0.717) is 0 Å². The first-order valence-corrected chi connectivity index (χ1v) is 4.40. The van der Waals surface area contributed by atoms with E-state index in [1.165, 1.54) is 0 Å². The Morgan fingerprint density at radius 2 is 2.17 bits per heavy atom. The van der Waals surface area contributed by atoms with Crippen molar-refractivity contribution in [1.29, 1.82) is 0 Å². The summed E-state index contributed by atoms with van der Waals surface area (Å²) in [4.78, 5) is 10.7. The van der Waals surface area contributed by atoms with Gasteiger partial charge in [0.05, 0.1) is 12.0 Å². The van der Waals surface area contributed by atoms with Crippen LogP contribution in [0.15, 0.2) is 0 Å². The fourth-order valence-electron chi connectivity index (χ4n) is 1.93.